The highest BCUT2D eigenvalue weighted by molar-refractivity contribution is 5.72. The van der Waals surface area contributed by atoms with Gasteiger partial charge in [-0.25, -0.2) is 0 Å². The molecule has 0 amide bonds. The number of rotatable bonds is 5. The average Bonchev–Trinajstić information content (AvgIpc) is 2.02. The molecule has 0 rings (SSSR count). The molecular formula is C9H16O4. The fourth-order valence-corrected chi connectivity index (χ4v) is 1.26. The van der Waals surface area contributed by atoms with Crippen molar-refractivity contribution in [1.82, 2.24) is 0 Å². The summed E-state index contributed by atoms with van der Waals surface area (Å²) in [5.41, 5.74) is 0. The summed E-state index contributed by atoms with van der Waals surface area (Å²) < 4.78 is 4.89. The molecule has 4 heteroatoms. The van der Waals surface area contributed by atoms with Crippen LogP contribution in [0.1, 0.15) is 33.6 Å². The quantitative estimate of drug-likeness (QED) is 0.663. The van der Waals surface area contributed by atoms with Gasteiger partial charge in [-0.3, -0.25) is 9.59 Å². The van der Waals surface area contributed by atoms with Crippen LogP contribution in [-0.4, -0.2) is 23.1 Å². The minimum absolute atomic E-state index is 0.424. The van der Waals surface area contributed by atoms with Crippen molar-refractivity contribution in [3.8, 4) is 0 Å². The Balaban J connectivity index is 4.33. The molecule has 0 radical (unpaired) electrons. The van der Waals surface area contributed by atoms with Crippen molar-refractivity contribution in [1.29, 1.82) is 0 Å². The standard InChI is InChI=1S/C9H16O4/c1-4-7(9(11)12)8(5-2)13-6(3)10/h7-8H,4-5H2,1-3H3,(H,11,12)/t7-,8+/m1/s1. The molecule has 2 atom stereocenters. The van der Waals surface area contributed by atoms with Crippen molar-refractivity contribution >= 4 is 11.9 Å². The molecule has 0 fully saturated rings. The molecule has 0 saturated heterocycles. The minimum atomic E-state index is -0.907. The lowest BCUT2D eigenvalue weighted by molar-refractivity contribution is -0.157. The Morgan fingerprint density at radius 1 is 1.31 bits per heavy atom. The number of aliphatic carboxylic acids is 1. The number of ether oxygens (including phenoxy) is 1. The summed E-state index contributed by atoms with van der Waals surface area (Å²) in [6, 6.07) is 0. The summed E-state index contributed by atoms with van der Waals surface area (Å²) in [6.45, 7) is 4.86. The van der Waals surface area contributed by atoms with Crippen molar-refractivity contribution in [3.63, 3.8) is 0 Å². The maximum absolute atomic E-state index is 10.7. The summed E-state index contributed by atoms with van der Waals surface area (Å²) >= 11 is 0. The van der Waals surface area contributed by atoms with Gasteiger partial charge in [0.25, 0.3) is 0 Å². The van der Waals surface area contributed by atoms with Gasteiger partial charge in [-0.2, -0.15) is 0 Å². The van der Waals surface area contributed by atoms with Gasteiger partial charge in [-0.1, -0.05) is 13.8 Å². The molecular weight excluding hydrogens is 172 g/mol. The van der Waals surface area contributed by atoms with E-state index in [-0.39, 0.29) is 0 Å². The maximum atomic E-state index is 10.7. The van der Waals surface area contributed by atoms with E-state index in [4.69, 9.17) is 9.84 Å². The monoisotopic (exact) mass is 188 g/mol. The Kier molecular flexibility index (Phi) is 5.11. The third-order valence-corrected chi connectivity index (χ3v) is 1.93. The predicted octanol–water partition coefficient (Wildman–Crippen LogP) is 1.44. The fraction of sp³-hybridized carbons (Fsp3) is 0.778. The zero-order chi connectivity index (χ0) is 10.4. The van der Waals surface area contributed by atoms with Crippen molar-refractivity contribution in [2.24, 2.45) is 5.92 Å². The Morgan fingerprint density at radius 2 is 1.85 bits per heavy atom. The molecule has 0 aliphatic heterocycles. The summed E-state index contributed by atoms with van der Waals surface area (Å²) in [5.74, 6) is -1.92. The van der Waals surface area contributed by atoms with Crippen LogP contribution in [0.3, 0.4) is 0 Å². The van der Waals surface area contributed by atoms with Gasteiger partial charge in [-0.05, 0) is 12.8 Å². The number of hydrogen-bond donors (Lipinski definition) is 1. The van der Waals surface area contributed by atoms with E-state index in [0.29, 0.717) is 12.8 Å². The lowest BCUT2D eigenvalue weighted by Gasteiger charge is -2.20. The highest BCUT2D eigenvalue weighted by atomic mass is 16.5. The predicted molar refractivity (Wildman–Crippen MR) is 47.3 cm³/mol. The maximum Gasteiger partial charge on any atom is 0.310 e. The minimum Gasteiger partial charge on any atom is -0.481 e. The zero-order valence-corrected chi connectivity index (χ0v) is 8.24. The van der Waals surface area contributed by atoms with Crippen LogP contribution in [0.15, 0.2) is 0 Å². The van der Waals surface area contributed by atoms with Gasteiger partial charge < -0.3 is 9.84 Å². The van der Waals surface area contributed by atoms with E-state index in [1.807, 2.05) is 0 Å². The summed E-state index contributed by atoms with van der Waals surface area (Å²) in [6.07, 6.45) is 0.505. The molecule has 4 nitrogen and oxygen atoms in total. The normalized spacial score (nSPS) is 14.7. The van der Waals surface area contributed by atoms with E-state index >= 15 is 0 Å². The second kappa shape index (κ2) is 5.56. The van der Waals surface area contributed by atoms with Crippen LogP contribution >= 0.6 is 0 Å². The van der Waals surface area contributed by atoms with Crippen LogP contribution in [-0.2, 0) is 14.3 Å². The largest absolute Gasteiger partial charge is 0.481 e. The van der Waals surface area contributed by atoms with Gasteiger partial charge >= 0.3 is 11.9 Å². The molecule has 0 bridgehead atoms. The van der Waals surface area contributed by atoms with Gasteiger partial charge in [0.05, 0.1) is 5.92 Å². The first-order valence-electron chi connectivity index (χ1n) is 4.42. The summed E-state index contributed by atoms with van der Waals surface area (Å²) in [5, 5.41) is 8.80. The lowest BCUT2D eigenvalue weighted by Crippen LogP contribution is -2.31. The first-order chi connectivity index (χ1) is 6.02. The van der Waals surface area contributed by atoms with E-state index in [1.165, 1.54) is 6.92 Å². The third kappa shape index (κ3) is 3.92. The van der Waals surface area contributed by atoms with Crippen LogP contribution < -0.4 is 0 Å². The van der Waals surface area contributed by atoms with Gasteiger partial charge in [0.2, 0.25) is 0 Å². The van der Waals surface area contributed by atoms with Crippen LogP contribution in [0, 0.1) is 5.92 Å². The fourth-order valence-electron chi connectivity index (χ4n) is 1.26. The first-order valence-corrected chi connectivity index (χ1v) is 4.42. The van der Waals surface area contributed by atoms with Crippen LogP contribution in [0.4, 0.5) is 0 Å². The van der Waals surface area contributed by atoms with Crippen molar-refractivity contribution in [3.05, 3.63) is 0 Å². The number of carbonyl (C=O) groups is 2. The van der Waals surface area contributed by atoms with E-state index in [0.717, 1.165) is 0 Å². The Hall–Kier alpha value is -1.06. The molecule has 0 spiro atoms. The Morgan fingerprint density at radius 3 is 2.08 bits per heavy atom. The molecule has 0 aliphatic carbocycles. The highest BCUT2D eigenvalue weighted by Crippen LogP contribution is 2.15. The van der Waals surface area contributed by atoms with Gasteiger partial charge in [0.1, 0.15) is 6.10 Å². The van der Waals surface area contributed by atoms with Crippen molar-refractivity contribution < 1.29 is 19.4 Å². The number of carboxylic acids is 1. The first kappa shape index (κ1) is 11.9. The number of carboxylic acid groups (broad SMARTS) is 1. The molecule has 76 valence electrons. The number of hydrogen-bond acceptors (Lipinski definition) is 3. The molecule has 0 aromatic carbocycles. The Labute approximate surface area is 77.9 Å². The SMILES string of the molecule is CC[C@H](OC(C)=O)[C@@H](CC)C(=O)O. The molecule has 0 heterocycles. The van der Waals surface area contributed by atoms with Gasteiger partial charge in [0.15, 0.2) is 0 Å². The topological polar surface area (TPSA) is 63.6 Å². The van der Waals surface area contributed by atoms with Crippen LogP contribution in [0.2, 0.25) is 0 Å². The van der Waals surface area contributed by atoms with Crippen LogP contribution in [0.25, 0.3) is 0 Å². The summed E-state index contributed by atoms with van der Waals surface area (Å²) in [7, 11) is 0. The third-order valence-electron chi connectivity index (χ3n) is 1.93. The van der Waals surface area contributed by atoms with Crippen LogP contribution in [0.5, 0.6) is 0 Å². The smallest absolute Gasteiger partial charge is 0.310 e. The molecule has 0 aliphatic rings. The molecule has 0 saturated carbocycles. The summed E-state index contributed by atoms with van der Waals surface area (Å²) in [4.78, 5) is 21.4. The van der Waals surface area contributed by atoms with Crippen molar-refractivity contribution in [2.45, 2.75) is 39.7 Å². The Bertz CT molecular complexity index is 188. The lowest BCUT2D eigenvalue weighted by atomic mass is 9.97. The van der Waals surface area contributed by atoms with E-state index in [2.05, 4.69) is 0 Å². The van der Waals surface area contributed by atoms with Gasteiger partial charge in [0, 0.05) is 6.92 Å². The second-order valence-electron chi connectivity index (χ2n) is 2.91. The van der Waals surface area contributed by atoms with Crippen molar-refractivity contribution in [2.75, 3.05) is 0 Å². The number of esters is 1. The molecule has 0 aromatic rings. The molecule has 0 unspecified atom stereocenters. The zero-order valence-electron chi connectivity index (χ0n) is 8.24. The van der Waals surface area contributed by atoms with E-state index < -0.39 is 24.0 Å². The number of carbonyl (C=O) groups excluding carboxylic acids is 1. The average molecular weight is 188 g/mol. The molecule has 0 aromatic heterocycles. The molecule has 1 N–H and O–H groups in total. The second-order valence-corrected chi connectivity index (χ2v) is 2.91. The van der Waals surface area contributed by atoms with Gasteiger partial charge in [-0.15, -0.1) is 0 Å². The van der Waals surface area contributed by atoms with E-state index in [1.54, 1.807) is 13.8 Å². The highest BCUT2D eigenvalue weighted by Gasteiger charge is 2.27. The van der Waals surface area contributed by atoms with E-state index in [9.17, 15) is 9.59 Å². The molecule has 13 heavy (non-hydrogen) atoms.